The number of aliphatic hydroxyl groups is 4. The monoisotopic (exact) mass is 785 g/mol. The number of hydrogen-bond donors (Lipinski definition) is 5. The number of fused-ring (bicyclic) bond motifs is 2. The molecule has 4 rings (SSSR count). The predicted molar refractivity (Wildman–Crippen MR) is 207 cm³/mol. The molecule has 56 heavy (non-hydrogen) atoms. The average molecular weight is 786 g/mol. The number of nitrogens with one attached hydrogen (secondary N) is 1. The molecule has 13 heteroatoms. The second kappa shape index (κ2) is 17.9. The number of carbonyl (C=O) groups excluding carboxylic acids is 4. The first-order valence-electron chi connectivity index (χ1n) is 19.9. The molecule has 1 aliphatic heterocycles. The molecule has 0 aromatic heterocycles. The van der Waals surface area contributed by atoms with Crippen LogP contribution >= 0.6 is 0 Å². The summed E-state index contributed by atoms with van der Waals surface area (Å²) in [6.07, 6.45) is -1.67. The molecule has 2 aliphatic carbocycles. The standard InChI is InChI=1S/C43H63NO12/c1-10-11-12-16-20-44-30(22-25(2)3)35(48)38(51)54-31-23-42(52)39(55-37(50)29-17-14-13-15-18-29)41(9,43(56-28(6)46)24-53-32(43)19-21-45)27(5)34(47)36(49)33(26(31)4)40(42,7)8/h13-15,17-18,25,30-32,35,39,44-45,47-48,52H,10-12,16,19-24H2,1-9H3/b34-27+/t30-,31-,32+,35+,39-,41+,42+,43-/m0/s1. The summed E-state index contributed by atoms with van der Waals surface area (Å²) in [5.74, 6) is -4.08. The van der Waals surface area contributed by atoms with Gasteiger partial charge in [0.25, 0.3) is 0 Å². The summed E-state index contributed by atoms with van der Waals surface area (Å²) in [6, 6.07) is 7.40. The minimum atomic E-state index is -2.28. The van der Waals surface area contributed by atoms with E-state index in [1.165, 1.54) is 32.9 Å². The number of benzene rings is 1. The van der Waals surface area contributed by atoms with E-state index in [9.17, 15) is 39.6 Å². The Labute approximate surface area is 330 Å². The van der Waals surface area contributed by atoms with E-state index in [4.69, 9.17) is 18.9 Å². The number of Topliss-reactive ketones (excluding diaryl/α,β-unsaturated/α-hetero) is 1. The number of ether oxygens (including phenoxy) is 4. The minimum Gasteiger partial charge on any atom is -0.504 e. The van der Waals surface area contributed by atoms with Gasteiger partial charge >= 0.3 is 17.9 Å². The number of allylic oxidation sites excluding steroid dienone is 1. The van der Waals surface area contributed by atoms with Crippen molar-refractivity contribution in [1.29, 1.82) is 0 Å². The zero-order valence-electron chi connectivity index (χ0n) is 34.5. The Hall–Kier alpha value is -3.62. The van der Waals surface area contributed by atoms with E-state index in [1.807, 2.05) is 13.8 Å². The van der Waals surface area contributed by atoms with Crippen molar-refractivity contribution in [1.82, 2.24) is 5.32 Å². The van der Waals surface area contributed by atoms with Crippen LogP contribution in [-0.4, -0.2) is 106 Å². The Balaban J connectivity index is 1.92. The van der Waals surface area contributed by atoms with Gasteiger partial charge in [-0.1, -0.05) is 72.1 Å². The van der Waals surface area contributed by atoms with E-state index >= 15 is 0 Å². The maximum atomic E-state index is 14.6. The first kappa shape index (κ1) is 45.1. The molecule has 0 spiro atoms. The molecule has 312 valence electrons. The van der Waals surface area contributed by atoms with Gasteiger partial charge in [-0.2, -0.15) is 0 Å². The molecule has 0 amide bonds. The summed E-state index contributed by atoms with van der Waals surface area (Å²) >= 11 is 0. The third kappa shape index (κ3) is 8.20. The Kier molecular flexibility index (Phi) is 14.4. The van der Waals surface area contributed by atoms with Gasteiger partial charge in [0.15, 0.2) is 17.5 Å². The molecule has 1 saturated heterocycles. The van der Waals surface area contributed by atoms with E-state index in [0.29, 0.717) is 13.0 Å². The SMILES string of the molecule is CCCCCCN[C@@H](CC(C)C)[C@@H](O)C(=O)O[C@H]1C[C@@]2(O)[C@@H](OC(=O)c3ccccc3)[C@](C)([C@]3(OC(C)=O)CO[C@@H]3CCO)/C(C)=C(/O)C(=O)C(=C1C)C2(C)C. The lowest BCUT2D eigenvalue weighted by molar-refractivity contribution is -0.321. The summed E-state index contributed by atoms with van der Waals surface area (Å²) in [4.78, 5) is 55.6. The minimum absolute atomic E-state index is 0.0431. The third-order valence-corrected chi connectivity index (χ3v) is 12.5. The van der Waals surface area contributed by atoms with Crippen LogP contribution in [0.25, 0.3) is 0 Å². The molecule has 8 atom stereocenters. The number of rotatable bonds is 17. The highest BCUT2D eigenvalue weighted by Crippen LogP contribution is 2.63. The lowest BCUT2D eigenvalue weighted by Crippen LogP contribution is -2.78. The fraction of sp³-hybridized carbons (Fsp3) is 0.674. The van der Waals surface area contributed by atoms with Crippen LogP contribution in [0.2, 0.25) is 0 Å². The molecular formula is C43H63NO12. The van der Waals surface area contributed by atoms with Crippen LogP contribution in [-0.2, 0) is 33.3 Å². The summed E-state index contributed by atoms with van der Waals surface area (Å²) in [5.41, 5.74) is -7.31. The van der Waals surface area contributed by atoms with Crippen molar-refractivity contribution in [2.24, 2.45) is 16.7 Å². The smallest absolute Gasteiger partial charge is 0.338 e. The van der Waals surface area contributed by atoms with Gasteiger partial charge < -0.3 is 44.7 Å². The van der Waals surface area contributed by atoms with E-state index in [0.717, 1.165) is 25.7 Å². The van der Waals surface area contributed by atoms with Gasteiger partial charge in [0, 0.05) is 43.4 Å². The first-order valence-corrected chi connectivity index (χ1v) is 19.9. The lowest BCUT2D eigenvalue weighted by atomic mass is 9.48. The van der Waals surface area contributed by atoms with Crippen molar-refractivity contribution in [3.8, 4) is 0 Å². The van der Waals surface area contributed by atoms with Crippen molar-refractivity contribution in [2.75, 3.05) is 19.8 Å². The van der Waals surface area contributed by atoms with Crippen LogP contribution in [0.15, 0.2) is 52.8 Å². The van der Waals surface area contributed by atoms with Crippen LogP contribution in [0.5, 0.6) is 0 Å². The topological polar surface area (TPSA) is 198 Å². The van der Waals surface area contributed by atoms with Gasteiger partial charge in [0.05, 0.1) is 17.6 Å². The predicted octanol–water partition coefficient (Wildman–Crippen LogP) is 5.05. The van der Waals surface area contributed by atoms with Crippen LogP contribution in [0.3, 0.4) is 0 Å². The normalized spacial score (nSPS) is 31.2. The van der Waals surface area contributed by atoms with Gasteiger partial charge in [0.1, 0.15) is 23.9 Å². The molecular weight excluding hydrogens is 722 g/mol. The van der Waals surface area contributed by atoms with E-state index < -0.39 is 88.4 Å². The fourth-order valence-electron chi connectivity index (χ4n) is 9.08. The van der Waals surface area contributed by atoms with Crippen molar-refractivity contribution in [2.45, 2.75) is 149 Å². The van der Waals surface area contributed by atoms with E-state index in [-0.39, 0.29) is 47.8 Å². The van der Waals surface area contributed by atoms with Crippen molar-refractivity contribution >= 4 is 23.7 Å². The largest absolute Gasteiger partial charge is 0.504 e. The third-order valence-electron chi connectivity index (χ3n) is 12.5. The Bertz CT molecular complexity index is 1670. The molecule has 0 saturated carbocycles. The molecule has 0 radical (unpaired) electrons. The van der Waals surface area contributed by atoms with E-state index in [1.54, 1.807) is 39.0 Å². The zero-order chi connectivity index (χ0) is 41.8. The van der Waals surface area contributed by atoms with Crippen LogP contribution in [0, 0.1) is 16.7 Å². The molecule has 2 bridgehead atoms. The van der Waals surface area contributed by atoms with E-state index in [2.05, 4.69) is 12.2 Å². The van der Waals surface area contributed by atoms with Gasteiger partial charge in [-0.25, -0.2) is 9.59 Å². The molecule has 0 unspecified atom stereocenters. The summed E-state index contributed by atoms with van der Waals surface area (Å²) in [6.45, 7) is 14.9. The highest BCUT2D eigenvalue weighted by molar-refractivity contribution is 6.09. The van der Waals surface area contributed by atoms with Crippen molar-refractivity contribution in [3.05, 3.63) is 58.4 Å². The molecule has 1 fully saturated rings. The second-order valence-corrected chi connectivity index (χ2v) is 16.9. The lowest BCUT2D eigenvalue weighted by Gasteiger charge is -2.64. The average Bonchev–Trinajstić information content (AvgIpc) is 3.14. The molecule has 13 nitrogen and oxygen atoms in total. The summed E-state index contributed by atoms with van der Waals surface area (Å²) in [5, 5.41) is 50.3. The Morgan fingerprint density at radius 2 is 1.70 bits per heavy atom. The number of aliphatic hydroxyl groups excluding tert-OH is 3. The Morgan fingerprint density at radius 1 is 1.04 bits per heavy atom. The summed E-state index contributed by atoms with van der Waals surface area (Å²) < 4.78 is 24.4. The highest BCUT2D eigenvalue weighted by atomic mass is 16.6. The molecule has 5 N–H and O–H groups in total. The molecule has 3 aliphatic rings. The first-order chi connectivity index (χ1) is 26.2. The quantitative estimate of drug-likeness (QED) is 0.0800. The zero-order valence-corrected chi connectivity index (χ0v) is 34.5. The fourth-order valence-corrected chi connectivity index (χ4v) is 9.08. The van der Waals surface area contributed by atoms with Crippen molar-refractivity contribution in [3.63, 3.8) is 0 Å². The number of carbonyl (C=O) groups is 4. The number of unbranched alkanes of at least 4 members (excludes halogenated alkanes) is 3. The second-order valence-electron chi connectivity index (χ2n) is 16.9. The number of hydrogen-bond acceptors (Lipinski definition) is 13. The van der Waals surface area contributed by atoms with Crippen LogP contribution in [0.1, 0.15) is 118 Å². The van der Waals surface area contributed by atoms with Crippen LogP contribution < -0.4 is 5.32 Å². The van der Waals surface area contributed by atoms with Crippen LogP contribution in [0.4, 0.5) is 0 Å². The number of esters is 3. The van der Waals surface area contributed by atoms with Gasteiger partial charge in [-0.05, 0) is 69.4 Å². The van der Waals surface area contributed by atoms with Gasteiger partial charge in [-0.3, -0.25) is 9.59 Å². The molecule has 1 heterocycles. The maximum Gasteiger partial charge on any atom is 0.338 e. The molecule has 1 aromatic rings. The maximum absolute atomic E-state index is 14.6. The molecule has 1 aromatic carbocycles. The number of ketones is 1. The van der Waals surface area contributed by atoms with Gasteiger partial charge in [0.2, 0.25) is 5.78 Å². The van der Waals surface area contributed by atoms with Gasteiger partial charge in [-0.15, -0.1) is 0 Å². The highest BCUT2D eigenvalue weighted by Gasteiger charge is 2.75. The summed E-state index contributed by atoms with van der Waals surface area (Å²) in [7, 11) is 0. The Morgan fingerprint density at radius 3 is 2.25 bits per heavy atom. The van der Waals surface area contributed by atoms with Crippen molar-refractivity contribution < 1.29 is 58.6 Å².